The minimum Gasteiger partial charge on any atom is -0.507 e. The molecule has 0 unspecified atom stereocenters. The molecule has 0 saturated heterocycles. The standard InChI is InChI=1S/C36H31NO10S2.O3S/c1-37-10-3-2-7-30(37)9-8-21-11-24-13-22-5-4-6-23(33(22)38)14-26-17-31(48(42,43)44)19-28(35(26)40)16-29-20-32(49(45,46)47)18-27(36(29)41)15-25(12-21)34(24)39;1-4(2)3/h2-12,17-20H,13-16H2,1H3,(H5,38,40,41,42,43,44,45,46,47);/p+1. The van der Waals surface area contributed by atoms with Crippen LogP contribution in [0, 0.1) is 0 Å². The van der Waals surface area contributed by atoms with Crippen molar-refractivity contribution in [3.63, 3.8) is 0 Å². The van der Waals surface area contributed by atoms with Gasteiger partial charge in [-0.05, 0) is 76.4 Å². The summed E-state index contributed by atoms with van der Waals surface area (Å²) in [5.41, 5.74) is 2.79. The maximum atomic E-state index is 12.4. The van der Waals surface area contributed by atoms with Crippen molar-refractivity contribution >= 4 is 43.0 Å². The monoisotopic (exact) mass is 782 g/mol. The number of phenolic OH excluding ortho intramolecular Hbond substituents is 4. The number of fused-ring (bicyclic) bond motifs is 8. The average molecular weight is 783 g/mol. The minimum atomic E-state index is -4.82. The Hall–Kier alpha value is -5.59. The van der Waals surface area contributed by atoms with E-state index in [2.05, 4.69) is 0 Å². The van der Waals surface area contributed by atoms with E-state index in [-0.39, 0.29) is 53.0 Å². The highest BCUT2D eigenvalue weighted by molar-refractivity contribution is 7.86. The number of benzene rings is 4. The van der Waals surface area contributed by atoms with Gasteiger partial charge in [0.1, 0.15) is 30.0 Å². The molecular formula is C36H32NO13S3+. The second kappa shape index (κ2) is 15.2. The molecule has 0 atom stereocenters. The molecule has 0 spiro atoms. The molecule has 4 aromatic carbocycles. The zero-order valence-corrected chi connectivity index (χ0v) is 30.2. The first-order valence-electron chi connectivity index (χ1n) is 15.5. The number of para-hydroxylation sites is 1. The number of rotatable bonds is 4. The van der Waals surface area contributed by atoms with Crippen LogP contribution in [0.2, 0.25) is 0 Å². The van der Waals surface area contributed by atoms with E-state index in [0.717, 1.165) is 30.0 Å². The van der Waals surface area contributed by atoms with Gasteiger partial charge in [-0.25, -0.2) is 4.57 Å². The molecule has 17 heteroatoms. The number of nitrogens with zero attached hydrogens (tertiary/aromatic N) is 1. The Labute approximate surface area is 305 Å². The molecule has 6 rings (SSSR count). The van der Waals surface area contributed by atoms with E-state index < -0.39 is 58.6 Å². The van der Waals surface area contributed by atoms with Gasteiger partial charge in [-0.3, -0.25) is 9.11 Å². The quantitative estimate of drug-likeness (QED) is 0.111. The molecule has 0 fully saturated rings. The Morgan fingerprint density at radius 1 is 0.547 bits per heavy atom. The van der Waals surface area contributed by atoms with Gasteiger partial charge >= 0.3 is 10.6 Å². The lowest BCUT2D eigenvalue weighted by atomic mass is 9.90. The Morgan fingerprint density at radius 3 is 1.28 bits per heavy atom. The molecular weight excluding hydrogens is 751 g/mol. The topological polar surface area (TPSA) is 245 Å². The van der Waals surface area contributed by atoms with E-state index in [1.165, 1.54) is 0 Å². The van der Waals surface area contributed by atoms with Crippen molar-refractivity contribution in [3.8, 4) is 23.0 Å². The summed E-state index contributed by atoms with van der Waals surface area (Å²) < 4.78 is 96.4. The number of hydrogen-bond acceptors (Lipinski definition) is 11. The lowest BCUT2D eigenvalue weighted by Gasteiger charge is -2.18. The minimum absolute atomic E-state index is 0.00421. The van der Waals surface area contributed by atoms with Crippen LogP contribution in [-0.4, -0.2) is 59.0 Å². The number of aromatic nitrogens is 1. The fraction of sp³-hybridized carbons (Fsp3) is 0.139. The third kappa shape index (κ3) is 9.08. The third-order valence-corrected chi connectivity index (χ3v) is 10.3. The van der Waals surface area contributed by atoms with Crippen LogP contribution in [-0.2, 0) is 63.6 Å². The summed E-state index contributed by atoms with van der Waals surface area (Å²) in [7, 11) is -10.8. The average Bonchev–Trinajstić information content (AvgIpc) is 3.06. The molecule has 0 saturated carbocycles. The largest absolute Gasteiger partial charge is 0.507 e. The first kappa shape index (κ1) is 38.6. The first-order valence-corrected chi connectivity index (χ1v) is 19.4. The first-order chi connectivity index (χ1) is 24.8. The van der Waals surface area contributed by atoms with Crippen LogP contribution in [0.15, 0.2) is 88.8 Å². The van der Waals surface area contributed by atoms with Gasteiger partial charge in [-0.1, -0.05) is 18.2 Å². The second-order valence-corrected chi connectivity index (χ2v) is 15.5. The molecule has 0 radical (unpaired) electrons. The van der Waals surface area contributed by atoms with E-state index in [4.69, 9.17) is 12.6 Å². The van der Waals surface area contributed by atoms with Crippen LogP contribution < -0.4 is 4.57 Å². The molecule has 5 aromatic rings. The molecule has 14 nitrogen and oxygen atoms in total. The van der Waals surface area contributed by atoms with E-state index >= 15 is 0 Å². The van der Waals surface area contributed by atoms with Gasteiger partial charge in [0.15, 0.2) is 6.20 Å². The fourth-order valence-corrected chi connectivity index (χ4v) is 7.25. The molecule has 1 aliphatic carbocycles. The predicted octanol–water partition coefficient (Wildman–Crippen LogP) is 3.67. The highest BCUT2D eigenvalue weighted by atomic mass is 32.2. The number of pyridine rings is 1. The summed E-state index contributed by atoms with van der Waals surface area (Å²) in [5, 5.41) is 45.7. The molecule has 53 heavy (non-hydrogen) atoms. The van der Waals surface area contributed by atoms with Crippen molar-refractivity contribution in [2.45, 2.75) is 35.5 Å². The van der Waals surface area contributed by atoms with Crippen LogP contribution in [0.25, 0.3) is 12.2 Å². The summed E-state index contributed by atoms with van der Waals surface area (Å²) in [4.78, 5) is -1.14. The molecule has 1 aliphatic rings. The zero-order chi connectivity index (χ0) is 38.8. The highest BCUT2D eigenvalue weighted by Gasteiger charge is 2.24. The highest BCUT2D eigenvalue weighted by Crippen LogP contribution is 2.39. The summed E-state index contributed by atoms with van der Waals surface area (Å²) >= 11 is 0. The molecule has 1 heterocycles. The van der Waals surface area contributed by atoms with Crippen molar-refractivity contribution in [2.24, 2.45) is 7.05 Å². The van der Waals surface area contributed by atoms with Gasteiger partial charge in [0.2, 0.25) is 5.69 Å². The van der Waals surface area contributed by atoms with Crippen LogP contribution in [0.5, 0.6) is 23.0 Å². The van der Waals surface area contributed by atoms with Gasteiger partial charge in [0.25, 0.3) is 20.2 Å². The van der Waals surface area contributed by atoms with Crippen molar-refractivity contribution in [3.05, 3.63) is 135 Å². The van der Waals surface area contributed by atoms with E-state index in [1.807, 2.05) is 48.2 Å². The number of phenols is 4. The maximum absolute atomic E-state index is 12.4. The zero-order valence-electron chi connectivity index (χ0n) is 27.7. The fourth-order valence-electron chi connectivity index (χ4n) is 6.09. The molecule has 8 bridgehead atoms. The Kier molecular flexibility index (Phi) is 11.1. The van der Waals surface area contributed by atoms with Crippen molar-refractivity contribution in [2.75, 3.05) is 0 Å². The smallest absolute Gasteiger partial charge is 0.425 e. The lowest BCUT2D eigenvalue weighted by Crippen LogP contribution is -2.30. The number of aryl methyl sites for hydroxylation is 1. The summed E-state index contributed by atoms with van der Waals surface area (Å²) in [6.45, 7) is 0. The lowest BCUT2D eigenvalue weighted by molar-refractivity contribution is -0.673. The normalized spacial score (nSPS) is 12.9. The molecule has 6 N–H and O–H groups in total. The Balaban J connectivity index is 0.00000129. The van der Waals surface area contributed by atoms with Crippen LogP contribution in [0.4, 0.5) is 0 Å². The van der Waals surface area contributed by atoms with Gasteiger partial charge in [-0.15, -0.1) is 12.6 Å². The van der Waals surface area contributed by atoms with E-state index in [9.17, 15) is 46.4 Å². The SMILES string of the molecule is C[n+]1ccccc1/C=C/c1cc2c(O)c(c1)Cc1cc(S(=O)(=O)O)cc(c1O)Cc1cc(S(=O)(=O)O)cc(c1O)Cc1cccc(c1O)C2.O=S(=O)=O. The Bertz CT molecular complexity index is 2630. The third-order valence-electron chi connectivity index (χ3n) is 8.64. The van der Waals surface area contributed by atoms with Crippen molar-refractivity contribution in [1.29, 1.82) is 0 Å². The van der Waals surface area contributed by atoms with Gasteiger partial charge in [0, 0.05) is 66.1 Å². The molecule has 1 aromatic heterocycles. The van der Waals surface area contributed by atoms with Crippen molar-refractivity contribution in [1.82, 2.24) is 0 Å². The molecule has 0 amide bonds. The van der Waals surface area contributed by atoms with Crippen LogP contribution >= 0.6 is 0 Å². The number of hydrogen-bond donors (Lipinski definition) is 6. The van der Waals surface area contributed by atoms with Gasteiger partial charge in [0.05, 0.1) is 9.79 Å². The molecule has 276 valence electrons. The predicted molar refractivity (Wildman–Crippen MR) is 190 cm³/mol. The van der Waals surface area contributed by atoms with Gasteiger partial charge in [-0.2, -0.15) is 16.8 Å². The summed E-state index contributed by atoms with van der Waals surface area (Å²) in [5.74, 6) is -1.13. The van der Waals surface area contributed by atoms with Crippen LogP contribution in [0.1, 0.15) is 55.8 Å². The Morgan fingerprint density at radius 2 is 0.906 bits per heavy atom. The number of aromatic hydroxyl groups is 4. The maximum Gasteiger partial charge on any atom is 0.425 e. The van der Waals surface area contributed by atoms with Gasteiger partial charge < -0.3 is 20.4 Å². The second-order valence-electron chi connectivity index (χ2n) is 12.2. The summed E-state index contributed by atoms with van der Waals surface area (Å²) in [6, 6.07) is 18.1. The van der Waals surface area contributed by atoms with E-state index in [0.29, 0.717) is 27.8 Å². The van der Waals surface area contributed by atoms with Crippen molar-refractivity contribution < 1.29 is 63.6 Å². The molecule has 0 aliphatic heterocycles. The summed E-state index contributed by atoms with van der Waals surface area (Å²) in [6.07, 6.45) is 4.81. The van der Waals surface area contributed by atoms with Crippen LogP contribution in [0.3, 0.4) is 0 Å². The van der Waals surface area contributed by atoms with E-state index in [1.54, 1.807) is 30.3 Å².